The molecule has 0 aromatic heterocycles. The topological polar surface area (TPSA) is 92.3 Å². The number of rotatable bonds is 5. The van der Waals surface area contributed by atoms with E-state index in [9.17, 15) is 18.0 Å². The maximum atomic E-state index is 12.4. The van der Waals surface area contributed by atoms with E-state index >= 15 is 0 Å². The molecule has 0 heterocycles. The van der Waals surface area contributed by atoms with E-state index in [0.717, 1.165) is 23.3 Å². The van der Waals surface area contributed by atoms with Crippen molar-refractivity contribution in [2.45, 2.75) is 18.2 Å². The predicted octanol–water partition coefficient (Wildman–Crippen LogP) is 2.85. The first-order valence-corrected chi connectivity index (χ1v) is 9.73. The molecule has 0 saturated carbocycles. The number of sulfonamides is 1. The van der Waals surface area contributed by atoms with Gasteiger partial charge in [0.1, 0.15) is 0 Å². The summed E-state index contributed by atoms with van der Waals surface area (Å²) in [6.45, 7) is 1.12. The Morgan fingerprint density at radius 1 is 0.889 bits per heavy atom. The molecule has 138 valence electrons. The molecule has 2 amide bonds. The van der Waals surface area contributed by atoms with Gasteiger partial charge in [-0.1, -0.05) is 42.5 Å². The van der Waals surface area contributed by atoms with Gasteiger partial charge in [-0.2, -0.15) is 0 Å². The van der Waals surface area contributed by atoms with Gasteiger partial charge < -0.3 is 5.32 Å². The lowest BCUT2D eigenvalue weighted by molar-refractivity contribution is -0.117. The molecule has 0 aliphatic heterocycles. The van der Waals surface area contributed by atoms with Crippen molar-refractivity contribution in [3.8, 4) is 0 Å². The summed E-state index contributed by atoms with van der Waals surface area (Å²) in [6, 6.07) is 19.3. The summed E-state index contributed by atoms with van der Waals surface area (Å²) in [5, 5.41) is 4.84. The summed E-state index contributed by atoms with van der Waals surface area (Å²) >= 11 is 0. The lowest BCUT2D eigenvalue weighted by Crippen LogP contribution is -2.28. The second-order valence-corrected chi connectivity index (χ2v) is 7.73. The molecule has 0 fully saturated rings. The third-order valence-electron chi connectivity index (χ3n) is 3.96. The van der Waals surface area contributed by atoms with Crippen LogP contribution < -0.4 is 10.0 Å². The normalized spacial score (nSPS) is 11.1. The van der Waals surface area contributed by atoms with Crippen molar-refractivity contribution in [3.05, 3.63) is 72.3 Å². The summed E-state index contributed by atoms with van der Waals surface area (Å²) in [7, 11) is -3.89. The minimum absolute atomic E-state index is 0.0512. The Morgan fingerprint density at radius 3 is 2.26 bits per heavy atom. The van der Waals surface area contributed by atoms with Gasteiger partial charge in [0, 0.05) is 12.6 Å². The Bertz CT molecular complexity index is 1100. The van der Waals surface area contributed by atoms with Gasteiger partial charge >= 0.3 is 0 Å². The van der Waals surface area contributed by atoms with E-state index in [1.54, 1.807) is 0 Å². The number of hydrogen-bond acceptors (Lipinski definition) is 4. The van der Waals surface area contributed by atoms with Gasteiger partial charge in [-0.05, 0) is 40.6 Å². The van der Waals surface area contributed by atoms with Crippen LogP contribution in [-0.4, -0.2) is 20.2 Å². The van der Waals surface area contributed by atoms with Crippen LogP contribution in [0.4, 0.5) is 5.69 Å². The van der Waals surface area contributed by atoms with E-state index in [4.69, 9.17) is 0 Å². The van der Waals surface area contributed by atoms with E-state index in [0.29, 0.717) is 5.69 Å². The fraction of sp³-hybridized carbons (Fsp3) is 0.100. The smallest absolute Gasteiger partial charge is 0.264 e. The fourth-order valence-corrected chi connectivity index (χ4v) is 3.78. The fourth-order valence-electron chi connectivity index (χ4n) is 2.79. The first kappa shape index (κ1) is 18.6. The van der Waals surface area contributed by atoms with Gasteiger partial charge in [-0.15, -0.1) is 0 Å². The average molecular weight is 382 g/mol. The van der Waals surface area contributed by atoms with E-state index in [-0.39, 0.29) is 17.2 Å². The average Bonchev–Trinajstić information content (AvgIpc) is 2.61. The molecule has 6 nitrogen and oxygen atoms in total. The molecule has 3 aromatic rings. The lowest BCUT2D eigenvalue weighted by Gasteiger charge is -2.09. The summed E-state index contributed by atoms with van der Waals surface area (Å²) in [6.07, 6.45) is 0.202. The molecule has 0 spiro atoms. The van der Waals surface area contributed by atoms with Gasteiger partial charge in [0.05, 0.1) is 11.3 Å². The summed E-state index contributed by atoms with van der Waals surface area (Å²) in [4.78, 5) is 23.3. The number of nitrogens with one attached hydrogen (secondary N) is 2. The van der Waals surface area contributed by atoms with Crippen LogP contribution in [0.5, 0.6) is 0 Å². The van der Waals surface area contributed by atoms with Gasteiger partial charge in [-0.3, -0.25) is 9.59 Å². The van der Waals surface area contributed by atoms with Gasteiger partial charge in [0.2, 0.25) is 11.8 Å². The van der Waals surface area contributed by atoms with Crippen molar-refractivity contribution in [2.24, 2.45) is 0 Å². The molecule has 27 heavy (non-hydrogen) atoms. The monoisotopic (exact) mass is 382 g/mol. The quantitative estimate of drug-likeness (QED) is 0.710. The van der Waals surface area contributed by atoms with Crippen LogP contribution in [0.2, 0.25) is 0 Å². The number of hydrogen-bond donors (Lipinski definition) is 2. The van der Waals surface area contributed by atoms with Crippen molar-refractivity contribution in [2.75, 3.05) is 5.32 Å². The van der Waals surface area contributed by atoms with Crippen LogP contribution in [0.25, 0.3) is 10.8 Å². The second-order valence-electron chi connectivity index (χ2n) is 6.05. The zero-order valence-corrected chi connectivity index (χ0v) is 15.4. The largest absolute Gasteiger partial charge is 0.326 e. The highest BCUT2D eigenvalue weighted by Gasteiger charge is 2.15. The Labute approximate surface area is 157 Å². The maximum absolute atomic E-state index is 12.4. The standard InChI is InChI=1S/C20H18N2O4S/c1-14(23)22-27(25,26)18-11-9-17(10-12-18)21-20(24)13-16-7-4-6-15-5-2-3-8-19(15)16/h2-12H,13H2,1H3,(H,21,24)(H,22,23). The highest BCUT2D eigenvalue weighted by atomic mass is 32.2. The lowest BCUT2D eigenvalue weighted by atomic mass is 10.0. The zero-order chi connectivity index (χ0) is 19.4. The Balaban J connectivity index is 1.72. The zero-order valence-electron chi connectivity index (χ0n) is 14.6. The van der Waals surface area contributed by atoms with Crippen molar-refractivity contribution in [1.82, 2.24) is 4.72 Å². The van der Waals surface area contributed by atoms with Gasteiger partial charge in [-0.25, -0.2) is 13.1 Å². The molecule has 0 bridgehead atoms. The summed E-state index contributed by atoms with van der Waals surface area (Å²) < 4.78 is 25.7. The highest BCUT2D eigenvalue weighted by Crippen LogP contribution is 2.20. The Morgan fingerprint density at radius 2 is 1.56 bits per heavy atom. The van der Waals surface area contributed by atoms with Crippen molar-refractivity contribution in [3.63, 3.8) is 0 Å². The molecule has 3 aromatic carbocycles. The van der Waals surface area contributed by atoms with Crippen LogP contribution in [-0.2, 0) is 26.0 Å². The molecule has 0 saturated heterocycles. The number of amides is 2. The number of carbonyl (C=O) groups excluding carboxylic acids is 2. The van der Waals surface area contributed by atoms with Gasteiger partial charge in [0.25, 0.3) is 10.0 Å². The molecule has 2 N–H and O–H groups in total. The Kier molecular flexibility index (Phi) is 5.23. The molecule has 7 heteroatoms. The number of carbonyl (C=O) groups is 2. The SMILES string of the molecule is CC(=O)NS(=O)(=O)c1ccc(NC(=O)Cc2cccc3ccccc23)cc1. The number of anilines is 1. The molecular formula is C20H18N2O4S. The first-order valence-electron chi connectivity index (χ1n) is 8.25. The van der Waals surface area contributed by atoms with E-state index in [1.165, 1.54) is 24.3 Å². The van der Waals surface area contributed by atoms with Crippen molar-refractivity contribution in [1.29, 1.82) is 0 Å². The number of benzene rings is 3. The first-order chi connectivity index (χ1) is 12.8. The minimum Gasteiger partial charge on any atom is -0.326 e. The molecule has 0 aliphatic carbocycles. The van der Waals surface area contributed by atoms with Crippen LogP contribution >= 0.6 is 0 Å². The number of fused-ring (bicyclic) bond motifs is 1. The van der Waals surface area contributed by atoms with E-state index < -0.39 is 15.9 Å². The van der Waals surface area contributed by atoms with Crippen molar-refractivity contribution < 1.29 is 18.0 Å². The molecule has 0 atom stereocenters. The molecule has 0 radical (unpaired) electrons. The van der Waals surface area contributed by atoms with Crippen LogP contribution in [0, 0.1) is 0 Å². The molecule has 0 unspecified atom stereocenters. The maximum Gasteiger partial charge on any atom is 0.264 e. The highest BCUT2D eigenvalue weighted by molar-refractivity contribution is 7.90. The van der Waals surface area contributed by atoms with Gasteiger partial charge in [0.15, 0.2) is 0 Å². The van der Waals surface area contributed by atoms with E-state index in [1.807, 2.05) is 47.2 Å². The molecular weight excluding hydrogens is 364 g/mol. The molecule has 3 rings (SSSR count). The van der Waals surface area contributed by atoms with Crippen molar-refractivity contribution >= 4 is 38.3 Å². The minimum atomic E-state index is -3.89. The third kappa shape index (κ3) is 4.51. The van der Waals surface area contributed by atoms with Crippen LogP contribution in [0.1, 0.15) is 12.5 Å². The summed E-state index contributed by atoms with van der Waals surface area (Å²) in [5.41, 5.74) is 1.39. The summed E-state index contributed by atoms with van der Waals surface area (Å²) in [5.74, 6) is -0.869. The predicted molar refractivity (Wildman–Crippen MR) is 104 cm³/mol. The third-order valence-corrected chi connectivity index (χ3v) is 5.41. The Hall–Kier alpha value is -3.19. The van der Waals surface area contributed by atoms with Crippen LogP contribution in [0.15, 0.2) is 71.6 Å². The van der Waals surface area contributed by atoms with E-state index in [2.05, 4.69) is 5.32 Å². The van der Waals surface area contributed by atoms with Crippen LogP contribution in [0.3, 0.4) is 0 Å². The second kappa shape index (κ2) is 7.59. The molecule has 0 aliphatic rings.